The second kappa shape index (κ2) is 8.34. The van der Waals surface area contributed by atoms with Gasteiger partial charge in [0.05, 0.1) is 4.92 Å². The molecule has 0 bridgehead atoms. The predicted octanol–water partition coefficient (Wildman–Crippen LogP) is 4.45. The van der Waals surface area contributed by atoms with Gasteiger partial charge >= 0.3 is 5.69 Å². The summed E-state index contributed by atoms with van der Waals surface area (Å²) in [7, 11) is 0. The van der Waals surface area contributed by atoms with Gasteiger partial charge in [0.25, 0.3) is 0 Å². The average Bonchev–Trinajstić information content (AvgIpc) is 2.62. The second-order valence-corrected chi connectivity index (χ2v) is 6.56. The van der Waals surface area contributed by atoms with Gasteiger partial charge in [-0.3, -0.25) is 14.9 Å². The van der Waals surface area contributed by atoms with E-state index in [-0.39, 0.29) is 23.2 Å². The van der Waals surface area contributed by atoms with E-state index in [9.17, 15) is 14.9 Å². The summed E-state index contributed by atoms with van der Waals surface area (Å²) in [6, 6.07) is 12.5. The molecule has 3 rings (SSSR count). The van der Waals surface area contributed by atoms with Crippen molar-refractivity contribution in [3.8, 4) is 0 Å². The van der Waals surface area contributed by atoms with Crippen LogP contribution in [0.3, 0.4) is 0 Å². The van der Waals surface area contributed by atoms with Crippen LogP contribution in [0, 0.1) is 24.0 Å². The van der Waals surface area contributed by atoms with E-state index in [1.807, 2.05) is 32.0 Å². The molecule has 3 aromatic rings. The van der Waals surface area contributed by atoms with Crippen molar-refractivity contribution >= 4 is 40.3 Å². The highest BCUT2D eigenvalue weighted by Crippen LogP contribution is 2.33. The van der Waals surface area contributed by atoms with E-state index in [0.717, 1.165) is 11.1 Å². The largest absolute Gasteiger partial charge is 0.353 e. The summed E-state index contributed by atoms with van der Waals surface area (Å²) in [5, 5.41) is 20.3. The fourth-order valence-corrected chi connectivity index (χ4v) is 2.90. The molecule has 1 heterocycles. The smallest absolute Gasteiger partial charge is 0.334 e. The Morgan fingerprint density at radius 2 is 1.41 bits per heavy atom. The number of nitrogens with zero attached hydrogens (tertiary/aromatic N) is 3. The first-order chi connectivity index (χ1) is 13.8. The molecule has 0 aliphatic carbocycles. The van der Waals surface area contributed by atoms with Gasteiger partial charge in [-0.05, 0) is 61.4 Å². The maximum Gasteiger partial charge on any atom is 0.353 e. The van der Waals surface area contributed by atoms with E-state index >= 15 is 0 Å². The zero-order chi connectivity index (χ0) is 21.0. The van der Waals surface area contributed by atoms with E-state index in [4.69, 9.17) is 0 Å². The lowest BCUT2D eigenvalue weighted by Gasteiger charge is -2.11. The number of anilines is 5. The summed E-state index contributed by atoms with van der Waals surface area (Å²) in [5.74, 6) is -0.0317. The van der Waals surface area contributed by atoms with Crippen molar-refractivity contribution in [2.75, 3.05) is 16.0 Å². The molecule has 2 aromatic carbocycles. The van der Waals surface area contributed by atoms with Crippen molar-refractivity contribution in [3.63, 3.8) is 0 Å². The SMILES string of the molecule is CC(=O)Nc1ccc(Nc2ncnc(Nc3cc(C)cc(C)c3)c2[N+](=O)[O-])cc1. The third kappa shape index (κ3) is 5.04. The number of hydrogen-bond acceptors (Lipinski definition) is 7. The summed E-state index contributed by atoms with van der Waals surface area (Å²) in [5.41, 5.74) is 3.70. The van der Waals surface area contributed by atoms with Crippen molar-refractivity contribution in [2.45, 2.75) is 20.8 Å². The van der Waals surface area contributed by atoms with Crippen LogP contribution in [0.4, 0.5) is 34.4 Å². The molecule has 0 radical (unpaired) electrons. The zero-order valence-electron chi connectivity index (χ0n) is 16.2. The molecule has 9 heteroatoms. The summed E-state index contributed by atoms with van der Waals surface area (Å²) in [6.45, 7) is 5.31. The van der Waals surface area contributed by atoms with E-state index in [0.29, 0.717) is 17.1 Å². The van der Waals surface area contributed by atoms with Gasteiger partial charge in [0.1, 0.15) is 6.33 Å². The fourth-order valence-electron chi connectivity index (χ4n) is 2.90. The molecule has 3 N–H and O–H groups in total. The first-order valence-corrected chi connectivity index (χ1v) is 8.81. The number of benzene rings is 2. The first-order valence-electron chi connectivity index (χ1n) is 8.81. The fraction of sp³-hybridized carbons (Fsp3) is 0.150. The number of carbonyl (C=O) groups is 1. The number of nitro groups is 1. The molecule has 0 spiro atoms. The molecule has 0 fully saturated rings. The zero-order valence-corrected chi connectivity index (χ0v) is 16.2. The monoisotopic (exact) mass is 392 g/mol. The van der Waals surface area contributed by atoms with E-state index in [2.05, 4.69) is 25.9 Å². The Bertz CT molecular complexity index is 1050. The van der Waals surface area contributed by atoms with Crippen LogP contribution in [0.5, 0.6) is 0 Å². The lowest BCUT2D eigenvalue weighted by Crippen LogP contribution is -2.06. The Balaban J connectivity index is 1.90. The first kappa shape index (κ1) is 19.7. The van der Waals surface area contributed by atoms with Crippen LogP contribution in [0.1, 0.15) is 18.1 Å². The Morgan fingerprint density at radius 1 is 0.897 bits per heavy atom. The van der Waals surface area contributed by atoms with E-state index in [1.165, 1.54) is 13.3 Å². The third-order valence-electron chi connectivity index (χ3n) is 3.96. The number of hydrogen-bond donors (Lipinski definition) is 3. The van der Waals surface area contributed by atoms with Crippen molar-refractivity contribution < 1.29 is 9.72 Å². The molecule has 148 valence electrons. The van der Waals surface area contributed by atoms with Crippen molar-refractivity contribution in [3.05, 3.63) is 70.0 Å². The topological polar surface area (TPSA) is 122 Å². The molecule has 9 nitrogen and oxygen atoms in total. The minimum absolute atomic E-state index is 0.0594. The molecular weight excluding hydrogens is 372 g/mol. The van der Waals surface area contributed by atoms with E-state index in [1.54, 1.807) is 24.3 Å². The highest BCUT2D eigenvalue weighted by atomic mass is 16.6. The summed E-state index contributed by atoms with van der Waals surface area (Å²) < 4.78 is 0. The van der Waals surface area contributed by atoms with Gasteiger partial charge in [0.15, 0.2) is 0 Å². The molecule has 0 aliphatic rings. The van der Waals surface area contributed by atoms with Crippen molar-refractivity contribution in [1.29, 1.82) is 0 Å². The average molecular weight is 392 g/mol. The molecule has 0 saturated heterocycles. The Kier molecular flexibility index (Phi) is 5.68. The van der Waals surface area contributed by atoms with Crippen LogP contribution in [0.15, 0.2) is 48.8 Å². The van der Waals surface area contributed by atoms with Crippen LogP contribution < -0.4 is 16.0 Å². The van der Waals surface area contributed by atoms with Crippen LogP contribution in [-0.2, 0) is 4.79 Å². The van der Waals surface area contributed by atoms with Crippen LogP contribution in [0.2, 0.25) is 0 Å². The van der Waals surface area contributed by atoms with Gasteiger partial charge in [0.2, 0.25) is 17.5 Å². The van der Waals surface area contributed by atoms with Gasteiger partial charge in [-0.2, -0.15) is 0 Å². The number of aromatic nitrogens is 2. The number of carbonyl (C=O) groups excluding carboxylic acids is 1. The molecule has 1 amide bonds. The van der Waals surface area contributed by atoms with Crippen molar-refractivity contribution in [2.24, 2.45) is 0 Å². The Labute approximate surface area is 167 Å². The highest BCUT2D eigenvalue weighted by Gasteiger charge is 2.23. The quantitative estimate of drug-likeness (QED) is 0.418. The maximum atomic E-state index is 11.7. The Hall–Kier alpha value is -4.01. The maximum absolute atomic E-state index is 11.7. The number of amides is 1. The molecule has 29 heavy (non-hydrogen) atoms. The number of nitrogens with one attached hydrogen (secondary N) is 3. The van der Waals surface area contributed by atoms with Gasteiger partial charge in [-0.1, -0.05) is 6.07 Å². The van der Waals surface area contributed by atoms with Gasteiger partial charge in [-0.15, -0.1) is 0 Å². The minimum atomic E-state index is -0.529. The summed E-state index contributed by atoms with van der Waals surface area (Å²) in [6.07, 6.45) is 1.26. The molecule has 1 aromatic heterocycles. The lowest BCUT2D eigenvalue weighted by atomic mass is 10.1. The highest BCUT2D eigenvalue weighted by molar-refractivity contribution is 5.89. The number of aryl methyl sites for hydroxylation is 2. The predicted molar refractivity (Wildman–Crippen MR) is 112 cm³/mol. The van der Waals surface area contributed by atoms with Gasteiger partial charge in [0, 0.05) is 24.0 Å². The van der Waals surface area contributed by atoms with Crippen LogP contribution in [-0.4, -0.2) is 20.8 Å². The standard InChI is InChI=1S/C20H20N6O3/c1-12-8-13(2)10-17(9-12)25-20-18(26(28)29)19(21-11-22-20)24-16-6-4-15(5-7-16)23-14(3)27/h4-11H,1-3H3,(H,23,27)(H2,21,22,24,25). The van der Waals surface area contributed by atoms with E-state index < -0.39 is 4.92 Å². The normalized spacial score (nSPS) is 10.3. The third-order valence-corrected chi connectivity index (χ3v) is 3.96. The molecule has 0 atom stereocenters. The van der Waals surface area contributed by atoms with Gasteiger partial charge in [-0.25, -0.2) is 9.97 Å². The summed E-state index contributed by atoms with van der Waals surface area (Å²) in [4.78, 5) is 30.4. The Morgan fingerprint density at radius 3 is 1.93 bits per heavy atom. The lowest BCUT2D eigenvalue weighted by molar-refractivity contribution is -0.383. The van der Waals surface area contributed by atoms with Crippen LogP contribution in [0.25, 0.3) is 0 Å². The van der Waals surface area contributed by atoms with Gasteiger partial charge < -0.3 is 16.0 Å². The molecule has 0 saturated carbocycles. The molecule has 0 unspecified atom stereocenters. The second-order valence-electron chi connectivity index (χ2n) is 6.56. The molecular formula is C20H20N6O3. The minimum Gasteiger partial charge on any atom is -0.334 e. The number of rotatable bonds is 6. The van der Waals surface area contributed by atoms with Crippen molar-refractivity contribution in [1.82, 2.24) is 9.97 Å². The summed E-state index contributed by atoms with van der Waals surface area (Å²) >= 11 is 0. The van der Waals surface area contributed by atoms with Crippen LogP contribution >= 0.6 is 0 Å². The molecule has 0 aliphatic heterocycles.